The minimum atomic E-state index is -0.916. The third kappa shape index (κ3) is 6.99. The maximum absolute atomic E-state index is 15.0. The lowest BCUT2D eigenvalue weighted by atomic mass is 10.1. The summed E-state index contributed by atoms with van der Waals surface area (Å²) >= 11 is 0.989. The number of halogens is 3. The average molecular weight is 586 g/mol. The van der Waals surface area contributed by atoms with Crippen LogP contribution in [0.25, 0.3) is 5.69 Å². The Balaban J connectivity index is 1.62. The van der Waals surface area contributed by atoms with E-state index < -0.39 is 29.0 Å². The average Bonchev–Trinajstić information content (AvgIpc) is 3.44. The van der Waals surface area contributed by atoms with E-state index in [-0.39, 0.29) is 40.2 Å². The first-order valence-electron chi connectivity index (χ1n) is 12.7. The number of nitrogens with zero attached hydrogens (tertiary/aromatic N) is 5. The molecule has 4 aromatic rings. The van der Waals surface area contributed by atoms with Gasteiger partial charge in [-0.3, -0.25) is 14.0 Å². The molecule has 41 heavy (non-hydrogen) atoms. The first-order chi connectivity index (χ1) is 19.2. The zero-order chi connectivity index (χ0) is 30.1. The van der Waals surface area contributed by atoms with Crippen molar-refractivity contribution in [3.8, 4) is 5.69 Å². The number of benzene rings is 2. The van der Waals surface area contributed by atoms with E-state index in [1.165, 1.54) is 39.9 Å². The predicted molar refractivity (Wildman–Crippen MR) is 148 cm³/mol. The minimum Gasteiger partial charge on any atom is -0.456 e. The van der Waals surface area contributed by atoms with Crippen LogP contribution in [0.3, 0.4) is 0 Å². The van der Waals surface area contributed by atoms with Crippen molar-refractivity contribution in [2.75, 3.05) is 7.05 Å². The van der Waals surface area contributed by atoms with E-state index in [4.69, 9.17) is 4.74 Å². The number of esters is 1. The van der Waals surface area contributed by atoms with Crippen LogP contribution in [0.15, 0.2) is 53.9 Å². The second kappa shape index (κ2) is 11.8. The van der Waals surface area contributed by atoms with Gasteiger partial charge in [0.05, 0.1) is 17.5 Å². The molecule has 216 valence electrons. The molecule has 12 heteroatoms. The zero-order valence-corrected chi connectivity index (χ0v) is 24.4. The van der Waals surface area contributed by atoms with Crippen LogP contribution < -0.4 is 0 Å². The van der Waals surface area contributed by atoms with E-state index in [2.05, 4.69) is 10.1 Å². The van der Waals surface area contributed by atoms with Crippen molar-refractivity contribution in [1.82, 2.24) is 24.2 Å². The van der Waals surface area contributed by atoms with Gasteiger partial charge in [-0.25, -0.2) is 22.9 Å². The first-order valence-corrected chi connectivity index (χ1v) is 13.6. The van der Waals surface area contributed by atoms with E-state index in [0.717, 1.165) is 35.2 Å². The largest absolute Gasteiger partial charge is 0.456 e. The predicted octanol–water partition coefficient (Wildman–Crippen LogP) is 5.85. The monoisotopic (exact) mass is 585 g/mol. The highest BCUT2D eigenvalue weighted by molar-refractivity contribution is 7.98. The van der Waals surface area contributed by atoms with Crippen LogP contribution in [0.2, 0.25) is 0 Å². The fourth-order valence-corrected chi connectivity index (χ4v) is 5.10. The highest BCUT2D eigenvalue weighted by Gasteiger charge is 2.25. The van der Waals surface area contributed by atoms with Crippen LogP contribution in [-0.2, 0) is 24.1 Å². The Morgan fingerprint density at radius 1 is 1.07 bits per heavy atom. The summed E-state index contributed by atoms with van der Waals surface area (Å²) in [5.41, 5.74) is 0.954. The summed E-state index contributed by atoms with van der Waals surface area (Å²) in [5, 5.41) is 4.57. The lowest BCUT2D eigenvalue weighted by Gasteiger charge is -2.20. The summed E-state index contributed by atoms with van der Waals surface area (Å²) in [7, 11) is 3.43. The van der Waals surface area contributed by atoms with Crippen molar-refractivity contribution < 1.29 is 27.5 Å². The molecule has 0 fully saturated rings. The summed E-state index contributed by atoms with van der Waals surface area (Å²) in [6.07, 6.45) is 3.20. The van der Waals surface area contributed by atoms with Gasteiger partial charge in [-0.2, -0.15) is 5.10 Å². The standard InChI is InChI=1S/C29H30F3N5O3S/c1-17-19(15-36(6)34-17)14-35(5)26(38)25-13-33-28(37(25)21-9-7-20(30)8-10-21)41-16-22-23(31)11-18(12-24(22)32)27(39)40-29(2,3)4/h7-13,15H,14,16H2,1-6H3. The molecule has 4 rings (SSSR count). The maximum atomic E-state index is 15.0. The molecule has 0 aliphatic rings. The molecule has 0 bridgehead atoms. The lowest BCUT2D eigenvalue weighted by molar-refractivity contribution is 0.00682. The summed E-state index contributed by atoms with van der Waals surface area (Å²) in [6, 6.07) is 7.33. The number of hydrogen-bond donors (Lipinski definition) is 0. The molecular weight excluding hydrogens is 555 g/mol. The molecule has 0 spiro atoms. The minimum absolute atomic E-state index is 0.185. The number of hydrogen-bond acceptors (Lipinski definition) is 6. The molecule has 0 saturated carbocycles. The van der Waals surface area contributed by atoms with Gasteiger partial charge < -0.3 is 9.64 Å². The first kappa shape index (κ1) is 29.9. The van der Waals surface area contributed by atoms with Gasteiger partial charge in [0.25, 0.3) is 5.91 Å². The van der Waals surface area contributed by atoms with Crippen molar-refractivity contribution in [1.29, 1.82) is 0 Å². The van der Waals surface area contributed by atoms with Gasteiger partial charge in [0.15, 0.2) is 5.16 Å². The number of thioether (sulfide) groups is 1. The molecule has 0 atom stereocenters. The van der Waals surface area contributed by atoms with Crippen LogP contribution in [-0.4, -0.2) is 48.8 Å². The van der Waals surface area contributed by atoms with E-state index in [9.17, 15) is 22.8 Å². The molecule has 2 aromatic heterocycles. The smallest absolute Gasteiger partial charge is 0.338 e. The van der Waals surface area contributed by atoms with Crippen molar-refractivity contribution in [2.45, 2.75) is 50.8 Å². The van der Waals surface area contributed by atoms with E-state index >= 15 is 0 Å². The summed E-state index contributed by atoms with van der Waals surface area (Å²) in [5.74, 6) is -3.69. The highest BCUT2D eigenvalue weighted by Crippen LogP contribution is 2.30. The molecule has 0 aliphatic carbocycles. The van der Waals surface area contributed by atoms with Crippen LogP contribution in [0.4, 0.5) is 13.2 Å². The molecule has 0 saturated heterocycles. The second-order valence-corrected chi connectivity index (χ2v) is 11.5. The molecule has 2 heterocycles. The van der Waals surface area contributed by atoms with Gasteiger partial charge >= 0.3 is 5.97 Å². The van der Waals surface area contributed by atoms with Crippen LogP contribution >= 0.6 is 11.8 Å². The molecule has 0 radical (unpaired) electrons. The zero-order valence-electron chi connectivity index (χ0n) is 23.5. The Morgan fingerprint density at radius 2 is 1.71 bits per heavy atom. The topological polar surface area (TPSA) is 82.2 Å². The van der Waals surface area contributed by atoms with Crippen LogP contribution in [0, 0.1) is 24.4 Å². The fraction of sp³-hybridized carbons (Fsp3) is 0.310. The van der Waals surface area contributed by atoms with Crippen LogP contribution in [0.5, 0.6) is 0 Å². The number of carbonyl (C=O) groups excluding carboxylic acids is 2. The normalized spacial score (nSPS) is 11.5. The summed E-state index contributed by atoms with van der Waals surface area (Å²) < 4.78 is 52.0. The lowest BCUT2D eigenvalue weighted by Crippen LogP contribution is -2.28. The Kier molecular flexibility index (Phi) is 8.62. The van der Waals surface area contributed by atoms with Crippen molar-refractivity contribution in [3.05, 3.63) is 94.3 Å². The number of imidazole rings is 1. The molecule has 8 nitrogen and oxygen atoms in total. The Labute approximate surface area is 240 Å². The second-order valence-electron chi connectivity index (χ2n) is 10.5. The number of carbonyl (C=O) groups is 2. The van der Waals surface area contributed by atoms with Crippen molar-refractivity contribution in [3.63, 3.8) is 0 Å². The number of ether oxygens (including phenoxy) is 1. The molecule has 0 aliphatic heterocycles. The summed E-state index contributed by atoms with van der Waals surface area (Å²) in [4.78, 5) is 31.7. The van der Waals surface area contributed by atoms with Gasteiger partial charge in [0.2, 0.25) is 0 Å². The number of aromatic nitrogens is 4. The van der Waals surface area contributed by atoms with Gasteiger partial charge in [-0.1, -0.05) is 11.8 Å². The highest BCUT2D eigenvalue weighted by atomic mass is 32.2. The molecule has 1 amide bonds. The van der Waals surface area contributed by atoms with Gasteiger partial charge in [0.1, 0.15) is 28.7 Å². The van der Waals surface area contributed by atoms with Crippen LogP contribution in [0.1, 0.15) is 58.4 Å². The van der Waals surface area contributed by atoms with E-state index in [0.29, 0.717) is 5.69 Å². The Morgan fingerprint density at radius 3 is 2.27 bits per heavy atom. The Bertz CT molecular complexity index is 1570. The van der Waals surface area contributed by atoms with Crippen molar-refractivity contribution >= 4 is 23.6 Å². The number of amides is 1. The number of rotatable bonds is 8. The molecule has 0 N–H and O–H groups in total. The van der Waals surface area contributed by atoms with Crippen molar-refractivity contribution in [2.24, 2.45) is 7.05 Å². The quantitative estimate of drug-likeness (QED) is 0.191. The molecule has 0 unspecified atom stereocenters. The van der Waals surface area contributed by atoms with Gasteiger partial charge in [-0.05, 0) is 64.1 Å². The van der Waals surface area contributed by atoms with E-state index in [1.54, 1.807) is 39.5 Å². The Hall–Kier alpha value is -4.06. The maximum Gasteiger partial charge on any atom is 0.338 e. The van der Waals surface area contributed by atoms with Gasteiger partial charge in [0, 0.05) is 49.4 Å². The fourth-order valence-electron chi connectivity index (χ4n) is 4.09. The summed E-state index contributed by atoms with van der Waals surface area (Å²) in [6.45, 7) is 7.10. The molecular formula is C29H30F3N5O3S. The SMILES string of the molecule is Cc1nn(C)cc1CN(C)C(=O)c1cnc(SCc2c(F)cc(C(=O)OC(C)(C)C)cc2F)n1-c1ccc(F)cc1. The third-order valence-electron chi connectivity index (χ3n) is 6.02. The molecule has 2 aromatic carbocycles. The van der Waals surface area contributed by atoms with Gasteiger partial charge in [-0.15, -0.1) is 0 Å². The third-order valence-corrected chi connectivity index (χ3v) is 7.00. The van der Waals surface area contributed by atoms with E-state index in [1.807, 2.05) is 13.1 Å². The number of aryl methyl sites for hydroxylation is 2.